The quantitative estimate of drug-likeness (QED) is 0.853. The van der Waals surface area contributed by atoms with E-state index in [-0.39, 0.29) is 0 Å². The second kappa shape index (κ2) is 5.17. The number of primary amides is 1. The van der Waals surface area contributed by atoms with E-state index in [2.05, 4.69) is 11.9 Å². The van der Waals surface area contributed by atoms with Gasteiger partial charge in [-0.1, -0.05) is 13.3 Å². The Morgan fingerprint density at radius 1 is 1.47 bits per heavy atom. The minimum absolute atomic E-state index is 0.365. The van der Waals surface area contributed by atoms with Gasteiger partial charge in [0.25, 0.3) is 0 Å². The lowest BCUT2D eigenvalue weighted by Crippen LogP contribution is -2.11. The number of imidazole rings is 1. The fourth-order valence-electron chi connectivity index (χ4n) is 2.09. The molecule has 0 aliphatic carbocycles. The number of hydrogen-bond acceptors (Lipinski definition) is 4. The number of ether oxygens (including phenoxy) is 1. The summed E-state index contributed by atoms with van der Waals surface area (Å²) in [5.74, 6) is 0.469. The summed E-state index contributed by atoms with van der Waals surface area (Å²) in [6, 6.07) is 3.26. The summed E-state index contributed by atoms with van der Waals surface area (Å²) in [6.45, 7) is 2.88. The number of rotatable bonds is 5. The van der Waals surface area contributed by atoms with Crippen LogP contribution in [0.4, 0.5) is 5.95 Å². The van der Waals surface area contributed by atoms with Crippen LogP contribution in [-0.4, -0.2) is 22.6 Å². The minimum atomic E-state index is -0.512. The highest BCUT2D eigenvalue weighted by Crippen LogP contribution is 2.29. The van der Waals surface area contributed by atoms with Crippen LogP contribution in [0.1, 0.15) is 30.1 Å². The molecule has 0 saturated heterocycles. The lowest BCUT2D eigenvalue weighted by Gasteiger charge is -2.09. The molecule has 0 spiro atoms. The molecular formula is C13H18N4O2. The summed E-state index contributed by atoms with van der Waals surface area (Å²) in [7, 11) is 1.55. The zero-order valence-corrected chi connectivity index (χ0v) is 11.1. The van der Waals surface area contributed by atoms with Gasteiger partial charge < -0.3 is 20.8 Å². The summed E-state index contributed by atoms with van der Waals surface area (Å²) in [6.07, 6.45) is 2.05. The fourth-order valence-corrected chi connectivity index (χ4v) is 2.09. The molecule has 0 aliphatic heterocycles. The van der Waals surface area contributed by atoms with Crippen molar-refractivity contribution in [1.82, 2.24) is 9.55 Å². The third kappa shape index (κ3) is 2.33. The van der Waals surface area contributed by atoms with Crippen molar-refractivity contribution in [3.05, 3.63) is 17.7 Å². The van der Waals surface area contributed by atoms with Crippen LogP contribution in [0, 0.1) is 0 Å². The van der Waals surface area contributed by atoms with Gasteiger partial charge in [-0.3, -0.25) is 4.79 Å². The highest BCUT2D eigenvalue weighted by atomic mass is 16.5. The number of nitrogen functional groups attached to an aromatic ring is 1. The lowest BCUT2D eigenvalue weighted by molar-refractivity contribution is 0.1000. The van der Waals surface area contributed by atoms with Crippen LogP contribution in [0.5, 0.6) is 5.75 Å². The smallest absolute Gasteiger partial charge is 0.248 e. The molecule has 0 saturated carbocycles. The molecule has 6 nitrogen and oxygen atoms in total. The number of hydrogen-bond donors (Lipinski definition) is 2. The van der Waals surface area contributed by atoms with Crippen molar-refractivity contribution in [1.29, 1.82) is 0 Å². The van der Waals surface area contributed by atoms with Crippen molar-refractivity contribution in [2.75, 3.05) is 12.8 Å². The molecule has 2 rings (SSSR count). The molecule has 0 unspecified atom stereocenters. The van der Waals surface area contributed by atoms with E-state index in [0.717, 1.165) is 24.9 Å². The Labute approximate surface area is 111 Å². The van der Waals surface area contributed by atoms with Crippen molar-refractivity contribution in [3.63, 3.8) is 0 Å². The summed E-state index contributed by atoms with van der Waals surface area (Å²) in [5, 5.41) is 0. The molecule has 2 aromatic rings. The van der Waals surface area contributed by atoms with Gasteiger partial charge in [0, 0.05) is 12.1 Å². The van der Waals surface area contributed by atoms with Crippen molar-refractivity contribution in [2.24, 2.45) is 5.73 Å². The normalized spacial score (nSPS) is 10.8. The molecule has 0 bridgehead atoms. The van der Waals surface area contributed by atoms with Crippen molar-refractivity contribution < 1.29 is 9.53 Å². The maximum Gasteiger partial charge on any atom is 0.248 e. The predicted molar refractivity (Wildman–Crippen MR) is 74.1 cm³/mol. The Balaban J connectivity index is 2.65. The summed E-state index contributed by atoms with van der Waals surface area (Å²) < 4.78 is 7.23. The van der Waals surface area contributed by atoms with Crippen LogP contribution >= 0.6 is 0 Å². The number of anilines is 1. The van der Waals surface area contributed by atoms with Crippen LogP contribution in [0.25, 0.3) is 11.0 Å². The monoisotopic (exact) mass is 262 g/mol. The number of amides is 1. The molecule has 6 heteroatoms. The maximum absolute atomic E-state index is 11.3. The zero-order chi connectivity index (χ0) is 14.0. The van der Waals surface area contributed by atoms with E-state index >= 15 is 0 Å². The van der Waals surface area contributed by atoms with Gasteiger partial charge in [-0.15, -0.1) is 0 Å². The number of methoxy groups -OCH3 is 1. The minimum Gasteiger partial charge on any atom is -0.494 e. The average Bonchev–Trinajstić information content (AvgIpc) is 2.70. The predicted octanol–water partition coefficient (Wildman–Crippen LogP) is 1.53. The molecule has 0 fully saturated rings. The van der Waals surface area contributed by atoms with E-state index in [1.54, 1.807) is 19.2 Å². The number of carbonyl (C=O) groups is 1. The first-order valence-corrected chi connectivity index (χ1v) is 6.22. The molecule has 1 amide bonds. The van der Waals surface area contributed by atoms with Crippen LogP contribution in [0.2, 0.25) is 0 Å². The average molecular weight is 262 g/mol. The molecule has 1 heterocycles. The zero-order valence-electron chi connectivity index (χ0n) is 11.1. The van der Waals surface area contributed by atoms with Gasteiger partial charge in [-0.25, -0.2) is 4.98 Å². The van der Waals surface area contributed by atoms with E-state index in [1.165, 1.54) is 0 Å². The molecule has 0 radical (unpaired) electrons. The highest BCUT2D eigenvalue weighted by molar-refractivity contribution is 5.98. The van der Waals surface area contributed by atoms with Crippen molar-refractivity contribution >= 4 is 22.9 Å². The molecule has 0 atom stereocenters. The van der Waals surface area contributed by atoms with Gasteiger partial charge in [0.2, 0.25) is 11.9 Å². The number of unbranched alkanes of at least 4 members (excludes halogenated alkanes) is 1. The van der Waals surface area contributed by atoms with Gasteiger partial charge >= 0.3 is 0 Å². The Kier molecular flexibility index (Phi) is 3.59. The van der Waals surface area contributed by atoms with E-state index < -0.39 is 5.91 Å². The Morgan fingerprint density at radius 2 is 2.21 bits per heavy atom. The second-order valence-corrected chi connectivity index (χ2v) is 4.39. The second-order valence-electron chi connectivity index (χ2n) is 4.39. The standard InChI is InChI=1S/C13H18N4O2/c1-3-4-5-17-11-9(16-13(17)15)6-8(12(14)18)7-10(11)19-2/h6-7H,3-5H2,1-2H3,(H2,14,18)(H2,15,16). The number of benzene rings is 1. The van der Waals surface area contributed by atoms with Crippen molar-refractivity contribution in [2.45, 2.75) is 26.3 Å². The number of nitrogens with zero attached hydrogens (tertiary/aromatic N) is 2. The molecule has 1 aromatic carbocycles. The van der Waals surface area contributed by atoms with Gasteiger partial charge in [-0.2, -0.15) is 0 Å². The van der Waals surface area contributed by atoms with Crippen LogP contribution in [0.3, 0.4) is 0 Å². The lowest BCUT2D eigenvalue weighted by atomic mass is 10.1. The number of aryl methyl sites for hydroxylation is 1. The SMILES string of the molecule is CCCCn1c(N)nc2cc(C(N)=O)cc(OC)c21. The molecule has 4 N–H and O–H groups in total. The summed E-state index contributed by atoms with van der Waals surface area (Å²) in [5.41, 5.74) is 13.0. The van der Waals surface area contributed by atoms with Gasteiger partial charge in [0.05, 0.1) is 12.6 Å². The van der Waals surface area contributed by atoms with Gasteiger partial charge in [0.15, 0.2) is 0 Å². The Hall–Kier alpha value is -2.24. The van der Waals surface area contributed by atoms with Crippen LogP contribution < -0.4 is 16.2 Å². The third-order valence-electron chi connectivity index (χ3n) is 3.08. The first-order valence-electron chi connectivity index (χ1n) is 6.22. The molecule has 1 aromatic heterocycles. The van der Waals surface area contributed by atoms with Gasteiger partial charge in [-0.05, 0) is 18.6 Å². The molecule has 0 aliphatic rings. The maximum atomic E-state index is 11.3. The number of fused-ring (bicyclic) bond motifs is 1. The van der Waals surface area contributed by atoms with E-state index in [1.807, 2.05) is 4.57 Å². The topological polar surface area (TPSA) is 96.2 Å². The highest BCUT2D eigenvalue weighted by Gasteiger charge is 2.15. The van der Waals surface area contributed by atoms with Crippen LogP contribution in [-0.2, 0) is 6.54 Å². The third-order valence-corrected chi connectivity index (χ3v) is 3.08. The Morgan fingerprint density at radius 3 is 2.79 bits per heavy atom. The number of aromatic nitrogens is 2. The first kappa shape index (κ1) is 13.2. The van der Waals surface area contributed by atoms with Gasteiger partial charge in [0.1, 0.15) is 11.3 Å². The molecule has 102 valence electrons. The number of nitrogens with two attached hydrogens (primary N) is 2. The summed E-state index contributed by atoms with van der Waals surface area (Å²) in [4.78, 5) is 15.5. The van der Waals surface area contributed by atoms with E-state index in [4.69, 9.17) is 16.2 Å². The van der Waals surface area contributed by atoms with Crippen molar-refractivity contribution in [3.8, 4) is 5.75 Å². The molecule has 19 heavy (non-hydrogen) atoms. The Bertz CT molecular complexity index is 619. The van der Waals surface area contributed by atoms with E-state index in [0.29, 0.717) is 22.8 Å². The largest absolute Gasteiger partial charge is 0.494 e. The summed E-state index contributed by atoms with van der Waals surface area (Å²) >= 11 is 0. The number of carbonyl (C=O) groups excluding carboxylic acids is 1. The molecular weight excluding hydrogens is 244 g/mol. The van der Waals surface area contributed by atoms with Crippen LogP contribution in [0.15, 0.2) is 12.1 Å². The fraction of sp³-hybridized carbons (Fsp3) is 0.385. The first-order chi connectivity index (χ1) is 9.08. The van der Waals surface area contributed by atoms with E-state index in [9.17, 15) is 4.79 Å².